The van der Waals surface area contributed by atoms with Crippen LogP contribution in [0.1, 0.15) is 19.3 Å². The normalized spacial score (nSPS) is 42.3. The Morgan fingerprint density at radius 3 is 2.61 bits per heavy atom. The number of amides is 1. The fourth-order valence-corrected chi connectivity index (χ4v) is 8.23. The van der Waals surface area contributed by atoms with Crippen LogP contribution in [0.4, 0.5) is 0 Å². The molecule has 0 aromatic rings. The lowest BCUT2D eigenvalue weighted by Crippen LogP contribution is -2.71. The van der Waals surface area contributed by atoms with Gasteiger partial charge in [0.15, 0.2) is 0 Å². The molecule has 7 atom stereocenters. The van der Waals surface area contributed by atoms with Crippen molar-refractivity contribution in [2.75, 3.05) is 66.6 Å². The summed E-state index contributed by atoms with van der Waals surface area (Å²) in [6.07, 6.45) is 4.16. The Labute approximate surface area is 218 Å². The molecule has 0 spiro atoms. The Morgan fingerprint density at radius 1 is 1.17 bits per heavy atom. The van der Waals surface area contributed by atoms with Gasteiger partial charge in [-0.3, -0.25) is 46.4 Å². The van der Waals surface area contributed by atoms with Crippen molar-refractivity contribution in [3.05, 3.63) is 0 Å². The molecule has 0 aliphatic carbocycles. The Morgan fingerprint density at radius 2 is 1.94 bits per heavy atom. The smallest absolute Gasteiger partial charge is 0.249 e. The first-order valence-electron chi connectivity index (χ1n) is 13.4. The third-order valence-electron chi connectivity index (χ3n) is 8.45. The van der Waals surface area contributed by atoms with Crippen molar-refractivity contribution in [3.8, 4) is 0 Å². The lowest BCUT2D eigenvalue weighted by Gasteiger charge is -2.49. The number of hydroxylamine groups is 1. The van der Waals surface area contributed by atoms with Crippen LogP contribution in [0.3, 0.4) is 0 Å². The molecule has 5 aliphatic rings. The van der Waals surface area contributed by atoms with Crippen molar-refractivity contribution >= 4 is 17.7 Å². The standard InChI is InChI=1S/C23H44N8O4S/c1-30(23-25-11-15(12-26-23)22(32)29-33)13-16-9-17-19(36-16)21(31-5-7-35-8-6-31)28-20(27-17)14-3-4-18(34-2)24-10-14/h14-21,23-28,33H,3-13H2,1-2H3,(H,29,32). The average Bonchev–Trinajstić information content (AvgIpc) is 3.35. The molecular formula is C23H44N8O4S. The number of morpholine rings is 1. The van der Waals surface area contributed by atoms with E-state index in [1.165, 1.54) is 0 Å². The highest BCUT2D eigenvalue weighted by Gasteiger charge is 2.48. The van der Waals surface area contributed by atoms with Crippen LogP contribution in [-0.2, 0) is 14.3 Å². The van der Waals surface area contributed by atoms with E-state index in [1.54, 1.807) is 12.6 Å². The number of fused-ring (bicyclic) bond motifs is 1. The summed E-state index contributed by atoms with van der Waals surface area (Å²) >= 11 is 2.11. The molecule has 36 heavy (non-hydrogen) atoms. The van der Waals surface area contributed by atoms with Gasteiger partial charge in [-0.05, 0) is 26.3 Å². The second kappa shape index (κ2) is 12.5. The van der Waals surface area contributed by atoms with Crippen molar-refractivity contribution in [1.82, 2.24) is 41.9 Å². The van der Waals surface area contributed by atoms with E-state index in [2.05, 4.69) is 55.2 Å². The summed E-state index contributed by atoms with van der Waals surface area (Å²) in [6, 6.07) is 0.470. The van der Waals surface area contributed by atoms with Gasteiger partial charge in [0.2, 0.25) is 5.91 Å². The van der Waals surface area contributed by atoms with E-state index in [-0.39, 0.29) is 30.5 Å². The summed E-state index contributed by atoms with van der Waals surface area (Å²) in [7, 11) is 3.91. The maximum absolute atomic E-state index is 11.7. The van der Waals surface area contributed by atoms with Gasteiger partial charge in [0.1, 0.15) is 12.5 Å². The summed E-state index contributed by atoms with van der Waals surface area (Å²) in [5.74, 6) is -0.0784. The molecule has 0 radical (unpaired) electrons. The van der Waals surface area contributed by atoms with Crippen molar-refractivity contribution in [3.63, 3.8) is 0 Å². The van der Waals surface area contributed by atoms with E-state index in [9.17, 15) is 4.79 Å². The first-order valence-corrected chi connectivity index (χ1v) is 14.4. The number of rotatable bonds is 7. The number of carbonyl (C=O) groups excluding carboxylic acids is 1. The van der Waals surface area contributed by atoms with Crippen molar-refractivity contribution in [1.29, 1.82) is 0 Å². The fourth-order valence-electron chi connectivity index (χ4n) is 6.37. The van der Waals surface area contributed by atoms with E-state index >= 15 is 0 Å². The second-order valence-corrected chi connectivity index (χ2v) is 12.3. The average molecular weight is 529 g/mol. The molecule has 5 fully saturated rings. The minimum atomic E-state index is -0.347. The zero-order chi connectivity index (χ0) is 25.1. The molecule has 5 rings (SSSR count). The summed E-state index contributed by atoms with van der Waals surface area (Å²) in [4.78, 5) is 16.6. The summed E-state index contributed by atoms with van der Waals surface area (Å²) in [5, 5.41) is 28.3. The quantitative estimate of drug-likeness (QED) is 0.144. The zero-order valence-electron chi connectivity index (χ0n) is 21.4. The first kappa shape index (κ1) is 27.0. The van der Waals surface area contributed by atoms with Gasteiger partial charge in [-0.2, -0.15) is 0 Å². The zero-order valence-corrected chi connectivity index (χ0v) is 22.3. The lowest BCUT2D eigenvalue weighted by molar-refractivity contribution is -0.134. The van der Waals surface area contributed by atoms with Crippen LogP contribution in [-0.4, -0.2) is 129 Å². The molecule has 0 aromatic carbocycles. The topological polar surface area (TPSA) is 134 Å². The van der Waals surface area contributed by atoms with E-state index in [1.807, 2.05) is 0 Å². The predicted octanol–water partition coefficient (Wildman–Crippen LogP) is -2.09. The Balaban J connectivity index is 1.19. The van der Waals surface area contributed by atoms with Gasteiger partial charge in [0, 0.05) is 68.8 Å². The fraction of sp³-hybridized carbons (Fsp3) is 0.957. The number of nitrogens with one attached hydrogen (secondary N) is 6. The summed E-state index contributed by atoms with van der Waals surface area (Å²) < 4.78 is 11.2. The highest BCUT2D eigenvalue weighted by atomic mass is 32.2. The molecule has 7 N–H and O–H groups in total. The van der Waals surface area contributed by atoms with Crippen LogP contribution in [0, 0.1) is 11.8 Å². The number of carbonyl (C=O) groups is 1. The van der Waals surface area contributed by atoms with Gasteiger partial charge in [-0.15, -0.1) is 11.8 Å². The third-order valence-corrected chi connectivity index (χ3v) is 10.1. The summed E-state index contributed by atoms with van der Waals surface area (Å²) in [5.41, 5.74) is 1.76. The molecule has 5 aliphatic heterocycles. The highest BCUT2D eigenvalue weighted by Crippen LogP contribution is 2.40. The van der Waals surface area contributed by atoms with Gasteiger partial charge in [-0.1, -0.05) is 0 Å². The molecular weight excluding hydrogens is 484 g/mol. The van der Waals surface area contributed by atoms with Gasteiger partial charge >= 0.3 is 0 Å². The Bertz CT molecular complexity index is 718. The molecule has 5 saturated heterocycles. The van der Waals surface area contributed by atoms with Crippen LogP contribution in [0.25, 0.3) is 0 Å². The highest BCUT2D eigenvalue weighted by molar-refractivity contribution is 8.00. The van der Waals surface area contributed by atoms with Gasteiger partial charge in [0.25, 0.3) is 0 Å². The van der Waals surface area contributed by atoms with Crippen LogP contribution in [0.5, 0.6) is 0 Å². The maximum Gasteiger partial charge on any atom is 0.249 e. The van der Waals surface area contributed by atoms with Crippen LogP contribution in [0.15, 0.2) is 0 Å². The molecule has 5 heterocycles. The Hall–Kier alpha value is -0.580. The minimum absolute atomic E-state index is 0.0203. The number of nitrogens with zero attached hydrogens (tertiary/aromatic N) is 2. The minimum Gasteiger partial charge on any atom is -0.379 e. The number of piperidine rings is 1. The van der Waals surface area contributed by atoms with Gasteiger partial charge < -0.3 is 9.47 Å². The number of thioether (sulfide) groups is 1. The maximum atomic E-state index is 11.7. The molecule has 12 nitrogen and oxygen atoms in total. The molecule has 0 bridgehead atoms. The molecule has 13 heteroatoms. The van der Waals surface area contributed by atoms with Crippen molar-refractivity contribution < 1.29 is 19.5 Å². The lowest BCUT2D eigenvalue weighted by atomic mass is 9.91. The molecule has 1 amide bonds. The molecule has 0 saturated carbocycles. The largest absolute Gasteiger partial charge is 0.379 e. The number of methoxy groups -OCH3 is 1. The molecule has 7 unspecified atom stereocenters. The molecule has 206 valence electrons. The summed E-state index contributed by atoms with van der Waals surface area (Å²) in [6.45, 7) is 6.58. The number of hydrogen-bond acceptors (Lipinski definition) is 12. The van der Waals surface area contributed by atoms with E-state index < -0.39 is 0 Å². The SMILES string of the molecule is COC1CCC(C2NC3CC(CN(C)C4NCC(C(=O)NO)CN4)SC3C(N3CCOCC3)N2)CN1. The Kier molecular flexibility index (Phi) is 9.39. The number of hydrogen-bond donors (Lipinski definition) is 7. The first-order chi connectivity index (χ1) is 17.6. The van der Waals surface area contributed by atoms with Crippen LogP contribution in [0.2, 0.25) is 0 Å². The van der Waals surface area contributed by atoms with Crippen molar-refractivity contribution in [2.24, 2.45) is 11.8 Å². The van der Waals surface area contributed by atoms with Crippen molar-refractivity contribution in [2.45, 2.75) is 60.7 Å². The predicted molar refractivity (Wildman–Crippen MR) is 137 cm³/mol. The van der Waals surface area contributed by atoms with Gasteiger partial charge in [0.05, 0.1) is 31.5 Å². The number of ether oxygens (including phenoxy) is 2. The van der Waals surface area contributed by atoms with Crippen LogP contribution >= 0.6 is 11.8 Å². The van der Waals surface area contributed by atoms with E-state index in [0.29, 0.717) is 41.7 Å². The van der Waals surface area contributed by atoms with Gasteiger partial charge in [-0.25, -0.2) is 5.48 Å². The third kappa shape index (κ3) is 6.18. The molecule has 0 aromatic heterocycles. The monoisotopic (exact) mass is 528 g/mol. The van der Waals surface area contributed by atoms with E-state index in [4.69, 9.17) is 14.7 Å². The van der Waals surface area contributed by atoms with E-state index in [0.717, 1.165) is 58.7 Å². The second-order valence-electron chi connectivity index (χ2n) is 10.8. The van der Waals surface area contributed by atoms with Crippen LogP contribution < -0.4 is 32.1 Å².